The van der Waals surface area contributed by atoms with Crippen molar-refractivity contribution in [1.82, 2.24) is 10.6 Å². The van der Waals surface area contributed by atoms with Crippen LogP contribution in [0.15, 0.2) is 29.4 Å². The Bertz CT molecular complexity index is 486. The third-order valence-electron chi connectivity index (χ3n) is 2.57. The van der Waals surface area contributed by atoms with Crippen molar-refractivity contribution in [3.05, 3.63) is 29.8 Å². The van der Waals surface area contributed by atoms with Gasteiger partial charge in [-0.05, 0) is 17.7 Å². The molecule has 0 aliphatic carbocycles. The van der Waals surface area contributed by atoms with E-state index >= 15 is 0 Å². The van der Waals surface area contributed by atoms with E-state index in [9.17, 15) is 9.59 Å². The Labute approximate surface area is 116 Å². The number of hydrogen-bond donors (Lipinski definition) is 4. The zero-order valence-corrected chi connectivity index (χ0v) is 11.0. The standard InChI is InChI=1S/C12H17N5O3/c1-20-9-4-2-8(3-5-9)6-10(15-7-18)11(19)16-12(13)17-14/h2-5,7,10H,6,14H2,1H3,(H,15,18)(H3,13,16,17,19). The molecule has 0 radical (unpaired) electrons. The topological polar surface area (TPSA) is 132 Å². The maximum Gasteiger partial charge on any atom is 0.249 e. The molecular formula is C12H17N5O3. The number of guanidine groups is 1. The number of nitrogens with one attached hydrogen (secondary N) is 2. The fourth-order valence-electron chi connectivity index (χ4n) is 1.55. The van der Waals surface area contributed by atoms with Gasteiger partial charge in [0.2, 0.25) is 18.3 Å². The first-order chi connectivity index (χ1) is 9.60. The molecule has 0 fully saturated rings. The smallest absolute Gasteiger partial charge is 0.249 e. The van der Waals surface area contributed by atoms with Gasteiger partial charge in [0.15, 0.2) is 0 Å². The molecule has 0 bridgehead atoms. The highest BCUT2D eigenvalue weighted by atomic mass is 16.5. The van der Waals surface area contributed by atoms with Crippen LogP contribution in [0.1, 0.15) is 5.56 Å². The van der Waals surface area contributed by atoms with Gasteiger partial charge in [-0.1, -0.05) is 12.1 Å². The summed E-state index contributed by atoms with van der Waals surface area (Å²) in [5, 5.41) is 7.82. The fourth-order valence-corrected chi connectivity index (χ4v) is 1.55. The van der Waals surface area contributed by atoms with Crippen LogP contribution in [-0.4, -0.2) is 31.4 Å². The zero-order chi connectivity index (χ0) is 15.0. The number of hydrogen-bond acceptors (Lipinski definition) is 5. The number of carbonyl (C=O) groups is 2. The van der Waals surface area contributed by atoms with Crippen LogP contribution in [0.3, 0.4) is 0 Å². The summed E-state index contributed by atoms with van der Waals surface area (Å²) >= 11 is 0. The van der Waals surface area contributed by atoms with E-state index < -0.39 is 11.9 Å². The summed E-state index contributed by atoms with van der Waals surface area (Å²) in [6.07, 6.45) is 0.746. The Morgan fingerprint density at radius 2 is 2.10 bits per heavy atom. The number of methoxy groups -OCH3 is 1. The molecule has 0 aliphatic heterocycles. The molecule has 1 rings (SSSR count). The third kappa shape index (κ3) is 4.48. The van der Waals surface area contributed by atoms with Crippen LogP contribution in [-0.2, 0) is 16.0 Å². The molecule has 1 atom stereocenters. The molecule has 0 aliphatic rings. The Balaban J connectivity index is 2.74. The van der Waals surface area contributed by atoms with E-state index in [4.69, 9.17) is 16.3 Å². The molecule has 0 saturated carbocycles. The maximum absolute atomic E-state index is 11.9. The lowest BCUT2D eigenvalue weighted by molar-refractivity contribution is -0.124. The molecule has 8 heteroatoms. The SMILES string of the molecule is COc1ccc(CC(NC=O)C(=O)N/C(N)=N/N)cc1. The second-order valence-corrected chi connectivity index (χ2v) is 3.89. The van der Waals surface area contributed by atoms with Gasteiger partial charge in [-0.15, -0.1) is 5.10 Å². The molecule has 1 aromatic carbocycles. The molecule has 2 amide bonds. The van der Waals surface area contributed by atoms with Crippen LogP contribution < -0.4 is 26.9 Å². The van der Waals surface area contributed by atoms with E-state index in [0.29, 0.717) is 18.6 Å². The van der Waals surface area contributed by atoms with Crippen molar-refractivity contribution in [2.75, 3.05) is 7.11 Å². The molecule has 0 saturated heterocycles. The predicted octanol–water partition coefficient (Wildman–Crippen LogP) is -1.34. The normalized spacial score (nSPS) is 12.3. The monoisotopic (exact) mass is 279 g/mol. The van der Waals surface area contributed by atoms with Crippen molar-refractivity contribution in [2.45, 2.75) is 12.5 Å². The molecule has 20 heavy (non-hydrogen) atoms. The first-order valence-corrected chi connectivity index (χ1v) is 5.77. The first kappa shape index (κ1) is 15.3. The Hall–Kier alpha value is -2.77. The van der Waals surface area contributed by atoms with E-state index in [1.807, 2.05) is 0 Å². The van der Waals surface area contributed by atoms with Gasteiger partial charge in [-0.2, -0.15) is 0 Å². The van der Waals surface area contributed by atoms with Gasteiger partial charge in [0, 0.05) is 6.42 Å². The molecule has 1 unspecified atom stereocenters. The van der Waals surface area contributed by atoms with E-state index in [2.05, 4.69) is 15.7 Å². The highest BCUT2D eigenvalue weighted by Crippen LogP contribution is 2.12. The molecule has 0 spiro atoms. The second kappa shape index (κ2) is 7.62. The van der Waals surface area contributed by atoms with Crippen LogP contribution in [0, 0.1) is 0 Å². The number of nitrogens with two attached hydrogens (primary N) is 2. The molecule has 1 aromatic rings. The minimum absolute atomic E-state index is 0.220. The Morgan fingerprint density at radius 3 is 2.60 bits per heavy atom. The summed E-state index contributed by atoms with van der Waals surface area (Å²) in [4.78, 5) is 22.4. The summed E-state index contributed by atoms with van der Waals surface area (Å²) in [6, 6.07) is 6.35. The second-order valence-electron chi connectivity index (χ2n) is 3.89. The first-order valence-electron chi connectivity index (χ1n) is 5.77. The van der Waals surface area contributed by atoms with E-state index in [1.54, 1.807) is 31.4 Å². The summed E-state index contributed by atoms with van der Waals surface area (Å²) in [7, 11) is 1.56. The van der Waals surface area contributed by atoms with Crippen molar-refractivity contribution < 1.29 is 14.3 Å². The van der Waals surface area contributed by atoms with Gasteiger partial charge in [0.25, 0.3) is 0 Å². The summed E-state index contributed by atoms with van der Waals surface area (Å²) in [5.41, 5.74) is 6.15. The number of rotatable bonds is 6. The van der Waals surface area contributed by atoms with Gasteiger partial charge < -0.3 is 21.6 Å². The van der Waals surface area contributed by atoms with Gasteiger partial charge in [0.1, 0.15) is 11.8 Å². The van der Waals surface area contributed by atoms with Crippen LogP contribution in [0.2, 0.25) is 0 Å². The number of carbonyl (C=O) groups excluding carboxylic acids is 2. The number of amides is 2. The minimum Gasteiger partial charge on any atom is -0.497 e. The number of nitrogens with zero attached hydrogens (tertiary/aromatic N) is 1. The molecule has 0 heterocycles. The molecule has 0 aromatic heterocycles. The average molecular weight is 279 g/mol. The minimum atomic E-state index is -0.777. The molecule has 8 nitrogen and oxygen atoms in total. The van der Waals surface area contributed by atoms with Crippen LogP contribution in [0.4, 0.5) is 0 Å². The number of ether oxygens (including phenoxy) is 1. The van der Waals surface area contributed by atoms with Crippen LogP contribution in [0.25, 0.3) is 0 Å². The largest absolute Gasteiger partial charge is 0.497 e. The van der Waals surface area contributed by atoms with Crippen LogP contribution in [0.5, 0.6) is 5.75 Å². The van der Waals surface area contributed by atoms with Crippen molar-refractivity contribution in [3.8, 4) is 5.75 Å². The van der Waals surface area contributed by atoms with Gasteiger partial charge >= 0.3 is 0 Å². The van der Waals surface area contributed by atoms with Crippen molar-refractivity contribution in [3.63, 3.8) is 0 Å². The average Bonchev–Trinajstić information content (AvgIpc) is 2.47. The van der Waals surface area contributed by atoms with Gasteiger partial charge in [-0.3, -0.25) is 14.9 Å². The summed E-state index contributed by atoms with van der Waals surface area (Å²) in [5.74, 6) is 4.91. The highest BCUT2D eigenvalue weighted by molar-refractivity contribution is 5.99. The number of hydrazone groups is 1. The fraction of sp³-hybridized carbons (Fsp3) is 0.250. The molecule has 108 valence electrons. The van der Waals surface area contributed by atoms with Gasteiger partial charge in [0.05, 0.1) is 7.11 Å². The summed E-state index contributed by atoms with van der Waals surface area (Å²) < 4.78 is 5.04. The van der Waals surface area contributed by atoms with E-state index in [-0.39, 0.29) is 5.96 Å². The highest BCUT2D eigenvalue weighted by Gasteiger charge is 2.18. The Kier molecular flexibility index (Phi) is 5.82. The van der Waals surface area contributed by atoms with E-state index in [1.165, 1.54) is 0 Å². The third-order valence-corrected chi connectivity index (χ3v) is 2.57. The van der Waals surface area contributed by atoms with Crippen molar-refractivity contribution in [2.24, 2.45) is 16.7 Å². The predicted molar refractivity (Wildman–Crippen MR) is 73.6 cm³/mol. The quantitative estimate of drug-likeness (QED) is 0.168. The van der Waals surface area contributed by atoms with E-state index in [0.717, 1.165) is 5.56 Å². The van der Waals surface area contributed by atoms with Crippen LogP contribution >= 0.6 is 0 Å². The lowest BCUT2D eigenvalue weighted by Crippen LogP contribution is -2.49. The van der Waals surface area contributed by atoms with Crippen molar-refractivity contribution in [1.29, 1.82) is 0 Å². The molecule has 6 N–H and O–H groups in total. The summed E-state index contributed by atoms with van der Waals surface area (Å²) in [6.45, 7) is 0. The lowest BCUT2D eigenvalue weighted by atomic mass is 10.1. The Morgan fingerprint density at radius 1 is 1.45 bits per heavy atom. The molecular weight excluding hydrogens is 262 g/mol. The van der Waals surface area contributed by atoms with Crippen molar-refractivity contribution >= 4 is 18.3 Å². The zero-order valence-electron chi connectivity index (χ0n) is 11.0. The maximum atomic E-state index is 11.9. The number of benzene rings is 1. The lowest BCUT2D eigenvalue weighted by Gasteiger charge is -2.15. The van der Waals surface area contributed by atoms with Gasteiger partial charge in [-0.25, -0.2) is 0 Å².